The van der Waals surface area contributed by atoms with E-state index in [2.05, 4.69) is 103 Å². The molecule has 4 heterocycles. The fraction of sp³-hybridized carbons (Fsp3) is 0.750. The molecule has 0 aromatic heterocycles. The Bertz CT molecular complexity index is 912. The van der Waals surface area contributed by atoms with Crippen molar-refractivity contribution in [2.75, 3.05) is 13.1 Å². The van der Waals surface area contributed by atoms with Gasteiger partial charge >= 0.3 is 0 Å². The highest BCUT2D eigenvalue weighted by molar-refractivity contribution is 7.98. The minimum Gasteiger partial charge on any atom is -0.298 e. The minimum absolute atomic E-state index is 0.228. The maximum absolute atomic E-state index is 4.20. The third-order valence-electron chi connectivity index (χ3n) is 9.59. The van der Waals surface area contributed by atoms with Gasteiger partial charge in [-0.25, -0.2) is 0 Å². The topological polar surface area (TPSA) is 51.4 Å². The van der Waals surface area contributed by atoms with E-state index in [-0.39, 0.29) is 5.54 Å². The van der Waals surface area contributed by atoms with Gasteiger partial charge in [0.1, 0.15) is 0 Å². The highest BCUT2D eigenvalue weighted by Crippen LogP contribution is 2.41. The fourth-order valence-electron chi connectivity index (χ4n) is 7.38. The third kappa shape index (κ3) is 7.24. The standard InChI is InChI=1S/C32H53N5S/c1-31(2,3)27-19-16-25-21-33-38-29-13-9-12-28(36-29)34-26(17-14-23-10-7-6-8-11-23)18-15-24-20-32(4,5)37(22-24)30(25)35-27/h6-8,10-11,14,17,24-30,33-36H,9,12-13,15-16,18-22H2,1-5H3/b17-14+/t24-,25?,26?,27?,28?,29?,30?/m0/s1. The monoisotopic (exact) mass is 539 g/mol. The lowest BCUT2D eigenvalue weighted by Gasteiger charge is -2.50. The van der Waals surface area contributed by atoms with Crippen molar-refractivity contribution in [1.82, 2.24) is 25.6 Å². The Morgan fingerprint density at radius 1 is 0.947 bits per heavy atom. The second-order valence-electron chi connectivity index (χ2n) is 14.1. The molecule has 0 spiro atoms. The molecule has 4 saturated heterocycles. The first-order valence-electron chi connectivity index (χ1n) is 15.3. The predicted octanol–water partition coefficient (Wildman–Crippen LogP) is 5.96. The molecule has 38 heavy (non-hydrogen) atoms. The molecule has 0 amide bonds. The minimum atomic E-state index is 0.228. The summed E-state index contributed by atoms with van der Waals surface area (Å²) in [5.74, 6) is 1.39. The Morgan fingerprint density at radius 3 is 2.55 bits per heavy atom. The van der Waals surface area contributed by atoms with Gasteiger partial charge in [0, 0.05) is 36.6 Å². The van der Waals surface area contributed by atoms with E-state index in [1.165, 1.54) is 63.5 Å². The van der Waals surface area contributed by atoms with Gasteiger partial charge in [-0.1, -0.05) is 75.2 Å². The molecule has 8 atom stereocenters. The molecular formula is C32H53N5S. The molecule has 0 aliphatic carbocycles. The summed E-state index contributed by atoms with van der Waals surface area (Å²) in [5.41, 5.74) is 1.81. The van der Waals surface area contributed by atoms with Crippen molar-refractivity contribution in [3.63, 3.8) is 0 Å². The molecule has 5 nitrogen and oxygen atoms in total. The van der Waals surface area contributed by atoms with Gasteiger partial charge in [0.05, 0.1) is 17.7 Å². The van der Waals surface area contributed by atoms with Crippen LogP contribution in [0.4, 0.5) is 0 Å². The van der Waals surface area contributed by atoms with Gasteiger partial charge in [0.25, 0.3) is 0 Å². The largest absolute Gasteiger partial charge is 0.298 e. The normalized spacial score (nSPS) is 38.8. The highest BCUT2D eigenvalue weighted by atomic mass is 32.2. The Hall–Kier alpha value is -0.890. The lowest BCUT2D eigenvalue weighted by Crippen LogP contribution is -2.63. The Balaban J connectivity index is 1.36. The summed E-state index contributed by atoms with van der Waals surface area (Å²) in [6.45, 7) is 14.5. The van der Waals surface area contributed by atoms with Gasteiger partial charge in [-0.2, -0.15) is 0 Å². The Morgan fingerprint density at radius 2 is 1.76 bits per heavy atom. The average molecular weight is 540 g/mol. The van der Waals surface area contributed by atoms with Crippen LogP contribution in [0, 0.1) is 17.3 Å². The first-order valence-corrected chi connectivity index (χ1v) is 16.2. The lowest BCUT2D eigenvalue weighted by molar-refractivity contribution is 0.00553. The smallest absolute Gasteiger partial charge is 0.0690 e. The van der Waals surface area contributed by atoms with Crippen molar-refractivity contribution >= 4 is 18.0 Å². The number of hydrogen-bond donors (Lipinski definition) is 4. The van der Waals surface area contributed by atoms with Gasteiger partial charge in [0.2, 0.25) is 0 Å². The molecule has 7 unspecified atom stereocenters. The number of piperidine rings is 2. The van der Waals surface area contributed by atoms with E-state index < -0.39 is 0 Å². The first kappa shape index (κ1) is 28.6. The van der Waals surface area contributed by atoms with Crippen LogP contribution < -0.4 is 20.7 Å². The van der Waals surface area contributed by atoms with Crippen molar-refractivity contribution in [3.05, 3.63) is 42.0 Å². The molecule has 4 aliphatic rings. The summed E-state index contributed by atoms with van der Waals surface area (Å²) in [6, 6.07) is 11.7. The second-order valence-corrected chi connectivity index (χ2v) is 15.2. The number of rotatable bonds is 2. The van der Waals surface area contributed by atoms with E-state index in [4.69, 9.17) is 0 Å². The summed E-state index contributed by atoms with van der Waals surface area (Å²) in [7, 11) is 0. The van der Waals surface area contributed by atoms with Crippen LogP contribution in [0.5, 0.6) is 0 Å². The second kappa shape index (κ2) is 12.3. The van der Waals surface area contributed by atoms with E-state index >= 15 is 0 Å². The number of nitrogens with one attached hydrogen (secondary N) is 4. The van der Waals surface area contributed by atoms with Crippen molar-refractivity contribution in [3.8, 4) is 0 Å². The molecule has 1 aromatic rings. The Labute approximate surface area is 236 Å². The first-order chi connectivity index (χ1) is 18.2. The summed E-state index contributed by atoms with van der Waals surface area (Å²) in [5, 5.41) is 12.6. The van der Waals surface area contributed by atoms with Crippen LogP contribution in [0.2, 0.25) is 0 Å². The maximum Gasteiger partial charge on any atom is 0.0690 e. The van der Waals surface area contributed by atoms with E-state index in [0.717, 1.165) is 12.5 Å². The molecule has 0 radical (unpaired) electrons. The van der Waals surface area contributed by atoms with Crippen molar-refractivity contribution in [2.24, 2.45) is 17.3 Å². The van der Waals surface area contributed by atoms with Crippen LogP contribution in [-0.2, 0) is 0 Å². The fourth-order valence-corrected chi connectivity index (χ4v) is 8.41. The van der Waals surface area contributed by atoms with Crippen LogP contribution in [0.15, 0.2) is 36.4 Å². The number of hydrogen-bond acceptors (Lipinski definition) is 6. The van der Waals surface area contributed by atoms with E-state index in [1.54, 1.807) is 0 Å². The number of benzene rings is 1. The quantitative estimate of drug-likeness (QED) is 0.348. The Kier molecular flexibility index (Phi) is 9.28. The molecule has 0 saturated carbocycles. The summed E-state index contributed by atoms with van der Waals surface area (Å²) in [4.78, 5) is 2.87. The SMILES string of the molecule is CC(C)(C)C1CCC2CNSC3CCCC(NC(/C=C/c4ccccc4)CC[C@@H]4CN(C2N1)C(C)(C)C4)N3. The lowest BCUT2D eigenvalue weighted by atomic mass is 9.78. The zero-order chi connectivity index (χ0) is 26.8. The van der Waals surface area contributed by atoms with Crippen molar-refractivity contribution in [1.29, 1.82) is 0 Å². The van der Waals surface area contributed by atoms with Gasteiger partial charge in [-0.3, -0.25) is 25.6 Å². The molecule has 6 heteroatoms. The van der Waals surface area contributed by atoms with Crippen LogP contribution in [-0.4, -0.2) is 53.3 Å². The predicted molar refractivity (Wildman–Crippen MR) is 164 cm³/mol. The van der Waals surface area contributed by atoms with Gasteiger partial charge in [-0.15, -0.1) is 0 Å². The van der Waals surface area contributed by atoms with Crippen molar-refractivity contribution < 1.29 is 0 Å². The summed E-state index contributed by atoms with van der Waals surface area (Å²) in [6.07, 6.45) is 15.6. The zero-order valence-electron chi connectivity index (χ0n) is 24.5. The molecule has 1 aromatic carbocycles. The summed E-state index contributed by atoms with van der Waals surface area (Å²) >= 11 is 1.94. The molecule has 4 aliphatic heterocycles. The van der Waals surface area contributed by atoms with E-state index in [9.17, 15) is 0 Å². The molecule has 4 N–H and O–H groups in total. The van der Waals surface area contributed by atoms with Gasteiger partial charge in [0.15, 0.2) is 0 Å². The van der Waals surface area contributed by atoms with E-state index in [0.29, 0.717) is 41.1 Å². The molecule has 212 valence electrons. The van der Waals surface area contributed by atoms with Gasteiger partial charge < -0.3 is 0 Å². The van der Waals surface area contributed by atoms with E-state index in [1.807, 2.05) is 11.9 Å². The average Bonchev–Trinajstić information content (AvgIpc) is 3.19. The van der Waals surface area contributed by atoms with Crippen LogP contribution >= 0.6 is 11.9 Å². The summed E-state index contributed by atoms with van der Waals surface area (Å²) < 4.78 is 3.85. The highest BCUT2D eigenvalue weighted by Gasteiger charge is 2.47. The number of fused-ring (bicyclic) bond motifs is 6. The van der Waals surface area contributed by atoms with Crippen LogP contribution in [0.25, 0.3) is 6.08 Å². The zero-order valence-corrected chi connectivity index (χ0v) is 25.3. The third-order valence-corrected chi connectivity index (χ3v) is 10.6. The maximum atomic E-state index is 4.20. The number of nitrogens with zero attached hydrogens (tertiary/aromatic N) is 1. The molecule has 4 fully saturated rings. The van der Waals surface area contributed by atoms with Crippen molar-refractivity contribution in [2.45, 2.75) is 121 Å². The molecular weight excluding hydrogens is 486 g/mol. The molecule has 5 rings (SSSR count). The van der Waals surface area contributed by atoms with Crippen LogP contribution in [0.3, 0.4) is 0 Å². The molecule has 4 bridgehead atoms. The van der Waals surface area contributed by atoms with Crippen LogP contribution in [0.1, 0.15) is 91.5 Å². The van der Waals surface area contributed by atoms with Gasteiger partial charge in [-0.05, 0) is 82.1 Å².